The van der Waals surface area contributed by atoms with Crippen molar-refractivity contribution in [2.75, 3.05) is 0 Å². The fourth-order valence-electron chi connectivity index (χ4n) is 2.51. The van der Waals surface area contributed by atoms with E-state index in [0.29, 0.717) is 5.39 Å². The maximum absolute atomic E-state index is 12.6. The number of H-pyrrole nitrogens is 1. The molecule has 0 fully saturated rings. The van der Waals surface area contributed by atoms with Gasteiger partial charge in [0.2, 0.25) is 0 Å². The van der Waals surface area contributed by atoms with Crippen LogP contribution in [0.2, 0.25) is 0 Å². The van der Waals surface area contributed by atoms with Crippen LogP contribution in [0.15, 0.2) is 33.5 Å². The van der Waals surface area contributed by atoms with Gasteiger partial charge in [0.25, 0.3) is 5.56 Å². The molecule has 5 heteroatoms. The van der Waals surface area contributed by atoms with E-state index in [1.807, 2.05) is 38.1 Å². The number of nitrogens with one attached hydrogen (secondary N) is 1. The molecule has 0 unspecified atom stereocenters. The molecule has 1 aromatic carbocycles. The third-order valence-electron chi connectivity index (χ3n) is 3.65. The molecule has 0 atom stereocenters. The maximum atomic E-state index is 12.6. The van der Waals surface area contributed by atoms with E-state index in [1.165, 1.54) is 4.88 Å². The first-order chi connectivity index (χ1) is 10.5. The number of nitrogens with zero attached hydrogens (tertiary/aromatic N) is 1. The van der Waals surface area contributed by atoms with Crippen LogP contribution in [-0.2, 0) is 6.42 Å². The molecule has 114 valence electrons. The summed E-state index contributed by atoms with van der Waals surface area (Å²) in [5.74, 6) is 0.962. The monoisotopic (exact) mass is 376 g/mol. The predicted molar refractivity (Wildman–Crippen MR) is 96.8 cm³/mol. The Bertz CT molecular complexity index is 878. The fraction of sp³-hybridized carbons (Fsp3) is 0.294. The Morgan fingerprint density at radius 2 is 1.95 bits per heavy atom. The average Bonchev–Trinajstić information content (AvgIpc) is 2.87. The Morgan fingerprint density at radius 3 is 2.55 bits per heavy atom. The zero-order chi connectivity index (χ0) is 15.9. The summed E-state index contributed by atoms with van der Waals surface area (Å²) >= 11 is 5.08. The van der Waals surface area contributed by atoms with Crippen molar-refractivity contribution in [3.8, 4) is 11.1 Å². The van der Waals surface area contributed by atoms with Crippen LogP contribution in [0, 0.1) is 0 Å². The van der Waals surface area contributed by atoms with Gasteiger partial charge in [0.1, 0.15) is 10.7 Å². The number of hydrogen-bond donors (Lipinski definition) is 1. The first kappa shape index (κ1) is 15.4. The van der Waals surface area contributed by atoms with Crippen molar-refractivity contribution < 1.29 is 0 Å². The molecule has 0 aliphatic heterocycles. The van der Waals surface area contributed by atoms with Crippen molar-refractivity contribution in [3.63, 3.8) is 0 Å². The van der Waals surface area contributed by atoms with Crippen LogP contribution in [0.1, 0.15) is 37.4 Å². The minimum absolute atomic E-state index is 0.0393. The third-order valence-corrected chi connectivity index (χ3v) is 5.41. The number of benzene rings is 1. The molecule has 0 spiro atoms. The Balaban J connectivity index is 2.33. The topological polar surface area (TPSA) is 45.8 Å². The number of aromatic nitrogens is 2. The number of rotatable bonds is 3. The Hall–Kier alpha value is -1.46. The number of fused-ring (bicyclic) bond motifs is 1. The van der Waals surface area contributed by atoms with E-state index in [-0.39, 0.29) is 11.5 Å². The lowest BCUT2D eigenvalue weighted by atomic mass is 10.0. The SMILES string of the molecule is CCc1sc2nc(C(C)C)[nH]c(=O)c2c1-c1ccc(Br)cc1. The van der Waals surface area contributed by atoms with Gasteiger partial charge in [-0.1, -0.05) is 48.8 Å². The average molecular weight is 377 g/mol. The van der Waals surface area contributed by atoms with E-state index in [0.717, 1.165) is 32.7 Å². The number of thiophene rings is 1. The molecular weight excluding hydrogens is 360 g/mol. The fourth-order valence-corrected chi connectivity index (χ4v) is 3.92. The molecule has 1 N–H and O–H groups in total. The van der Waals surface area contributed by atoms with E-state index in [2.05, 4.69) is 32.8 Å². The second kappa shape index (κ2) is 5.97. The second-order valence-corrected chi connectivity index (χ2v) is 7.55. The highest BCUT2D eigenvalue weighted by molar-refractivity contribution is 9.10. The molecule has 3 rings (SSSR count). The molecule has 3 nitrogen and oxygen atoms in total. The van der Waals surface area contributed by atoms with Crippen LogP contribution in [-0.4, -0.2) is 9.97 Å². The van der Waals surface area contributed by atoms with Gasteiger partial charge in [-0.05, 0) is 24.1 Å². The van der Waals surface area contributed by atoms with Crippen molar-refractivity contribution in [2.24, 2.45) is 0 Å². The summed E-state index contributed by atoms with van der Waals surface area (Å²) in [5.41, 5.74) is 2.05. The largest absolute Gasteiger partial charge is 0.310 e. The quantitative estimate of drug-likeness (QED) is 0.690. The van der Waals surface area contributed by atoms with Crippen LogP contribution in [0.25, 0.3) is 21.3 Å². The zero-order valence-corrected chi connectivity index (χ0v) is 15.1. The molecule has 0 bridgehead atoms. The highest BCUT2D eigenvalue weighted by Gasteiger charge is 2.18. The van der Waals surface area contributed by atoms with Gasteiger partial charge in [-0.15, -0.1) is 11.3 Å². The Kier molecular flexibility index (Phi) is 4.19. The van der Waals surface area contributed by atoms with Gasteiger partial charge in [0.05, 0.1) is 5.39 Å². The lowest BCUT2D eigenvalue weighted by Gasteiger charge is -2.05. The van der Waals surface area contributed by atoms with Crippen LogP contribution in [0.3, 0.4) is 0 Å². The van der Waals surface area contributed by atoms with Gasteiger partial charge < -0.3 is 4.98 Å². The Labute approximate surface area is 141 Å². The molecule has 0 amide bonds. The van der Waals surface area contributed by atoms with Gasteiger partial charge in [0.15, 0.2) is 0 Å². The number of aryl methyl sites for hydroxylation is 1. The maximum Gasteiger partial charge on any atom is 0.260 e. The van der Waals surface area contributed by atoms with E-state index >= 15 is 0 Å². The Morgan fingerprint density at radius 1 is 1.27 bits per heavy atom. The molecule has 3 aromatic rings. The summed E-state index contributed by atoms with van der Waals surface area (Å²) in [6, 6.07) is 8.09. The van der Waals surface area contributed by atoms with Crippen molar-refractivity contribution >= 4 is 37.5 Å². The van der Waals surface area contributed by atoms with Crippen molar-refractivity contribution in [1.82, 2.24) is 9.97 Å². The highest BCUT2D eigenvalue weighted by atomic mass is 79.9. The molecule has 0 saturated carbocycles. The van der Waals surface area contributed by atoms with E-state index in [4.69, 9.17) is 0 Å². The van der Waals surface area contributed by atoms with Crippen molar-refractivity contribution in [1.29, 1.82) is 0 Å². The smallest absolute Gasteiger partial charge is 0.260 e. The summed E-state index contributed by atoms with van der Waals surface area (Å²) in [6.07, 6.45) is 0.892. The van der Waals surface area contributed by atoms with E-state index < -0.39 is 0 Å². The normalized spacial score (nSPS) is 11.5. The van der Waals surface area contributed by atoms with E-state index in [1.54, 1.807) is 11.3 Å². The number of halogens is 1. The molecule has 2 aromatic heterocycles. The van der Waals surface area contributed by atoms with Crippen LogP contribution >= 0.6 is 27.3 Å². The molecule has 0 aliphatic rings. The predicted octanol–water partition coefficient (Wildman–Crippen LogP) is 5.10. The van der Waals surface area contributed by atoms with Crippen LogP contribution in [0.5, 0.6) is 0 Å². The second-order valence-electron chi connectivity index (χ2n) is 5.55. The first-order valence-electron chi connectivity index (χ1n) is 7.32. The van der Waals surface area contributed by atoms with E-state index in [9.17, 15) is 4.79 Å². The van der Waals surface area contributed by atoms with Crippen LogP contribution in [0.4, 0.5) is 0 Å². The minimum Gasteiger partial charge on any atom is -0.310 e. The van der Waals surface area contributed by atoms with Gasteiger partial charge in [-0.25, -0.2) is 4.98 Å². The van der Waals surface area contributed by atoms with Gasteiger partial charge in [0, 0.05) is 20.8 Å². The minimum atomic E-state index is -0.0393. The first-order valence-corrected chi connectivity index (χ1v) is 8.93. The zero-order valence-electron chi connectivity index (χ0n) is 12.7. The molecule has 0 aliphatic carbocycles. The number of hydrogen-bond acceptors (Lipinski definition) is 3. The van der Waals surface area contributed by atoms with Gasteiger partial charge >= 0.3 is 0 Å². The summed E-state index contributed by atoms with van der Waals surface area (Å²) in [7, 11) is 0. The molecule has 0 saturated heterocycles. The van der Waals surface area contributed by atoms with Crippen LogP contribution < -0.4 is 5.56 Å². The molecule has 0 radical (unpaired) electrons. The van der Waals surface area contributed by atoms with Crippen molar-refractivity contribution in [2.45, 2.75) is 33.1 Å². The third kappa shape index (κ3) is 2.63. The summed E-state index contributed by atoms with van der Waals surface area (Å²) in [5, 5.41) is 0.716. The van der Waals surface area contributed by atoms with Gasteiger partial charge in [-0.2, -0.15) is 0 Å². The van der Waals surface area contributed by atoms with Gasteiger partial charge in [-0.3, -0.25) is 4.79 Å². The molecule has 2 heterocycles. The summed E-state index contributed by atoms with van der Waals surface area (Å²) in [4.78, 5) is 22.2. The lowest BCUT2D eigenvalue weighted by Crippen LogP contribution is -2.12. The standard InChI is InChI=1S/C17H17BrN2OS/c1-4-12-13(10-5-7-11(18)8-6-10)14-16(21)19-15(9(2)3)20-17(14)22-12/h5-9H,4H2,1-3H3,(H,19,20,21). The lowest BCUT2D eigenvalue weighted by molar-refractivity contribution is 0.778. The highest BCUT2D eigenvalue weighted by Crippen LogP contribution is 2.37. The molecular formula is C17H17BrN2OS. The summed E-state index contributed by atoms with van der Waals surface area (Å²) < 4.78 is 1.03. The number of aromatic amines is 1. The molecule has 22 heavy (non-hydrogen) atoms. The van der Waals surface area contributed by atoms with Crippen molar-refractivity contribution in [3.05, 3.63) is 49.8 Å². The summed E-state index contributed by atoms with van der Waals surface area (Å²) in [6.45, 7) is 6.19.